The molecule has 2 rings (SSSR count). The van der Waals surface area contributed by atoms with Crippen molar-refractivity contribution in [3.05, 3.63) is 24.2 Å². The van der Waals surface area contributed by atoms with Gasteiger partial charge in [-0.05, 0) is 12.1 Å². The first-order valence-corrected chi connectivity index (χ1v) is 6.81. The second-order valence-electron chi connectivity index (χ2n) is 5.08. The van der Waals surface area contributed by atoms with Gasteiger partial charge in [0.2, 0.25) is 5.91 Å². The van der Waals surface area contributed by atoms with Gasteiger partial charge in [-0.25, -0.2) is 0 Å². The van der Waals surface area contributed by atoms with E-state index >= 15 is 0 Å². The molecule has 19 heavy (non-hydrogen) atoms. The molecular weight excluding hydrogens is 244 g/mol. The highest BCUT2D eigenvalue weighted by Gasteiger charge is 2.25. The lowest BCUT2D eigenvalue weighted by atomic mass is 10.1. The van der Waals surface area contributed by atoms with Crippen LogP contribution in [0.15, 0.2) is 22.8 Å². The molecule has 1 N–H and O–H groups in total. The monoisotopic (exact) mass is 266 g/mol. The predicted octanol–water partition coefficient (Wildman–Crippen LogP) is 1.43. The molecule has 1 unspecified atom stereocenters. The van der Waals surface area contributed by atoms with E-state index in [2.05, 4.69) is 10.2 Å². The largest absolute Gasteiger partial charge is 0.468 e. The van der Waals surface area contributed by atoms with Crippen LogP contribution in [0.1, 0.15) is 25.6 Å². The molecule has 1 aliphatic heterocycles. The van der Waals surface area contributed by atoms with E-state index in [-0.39, 0.29) is 17.9 Å². The third-order valence-corrected chi connectivity index (χ3v) is 3.35. The summed E-state index contributed by atoms with van der Waals surface area (Å²) in [7, 11) is 0. The number of furan rings is 1. The minimum atomic E-state index is 0.00180. The molecule has 1 aliphatic rings. The number of hydrogen-bond acceptors (Lipinski definition) is 4. The minimum Gasteiger partial charge on any atom is -0.468 e. The fraction of sp³-hybridized carbons (Fsp3) is 0.643. The summed E-state index contributed by atoms with van der Waals surface area (Å²) in [5.41, 5.74) is 0. The fourth-order valence-electron chi connectivity index (χ4n) is 2.18. The highest BCUT2D eigenvalue weighted by atomic mass is 16.5. The number of hydrogen-bond donors (Lipinski definition) is 1. The van der Waals surface area contributed by atoms with Crippen LogP contribution in [0.5, 0.6) is 0 Å². The molecule has 1 amide bonds. The van der Waals surface area contributed by atoms with E-state index in [9.17, 15) is 4.79 Å². The number of carbonyl (C=O) groups is 1. The number of ether oxygens (including phenoxy) is 1. The van der Waals surface area contributed by atoms with Gasteiger partial charge < -0.3 is 14.5 Å². The number of carbonyl (C=O) groups excluding carboxylic acids is 1. The number of amides is 1. The fourth-order valence-corrected chi connectivity index (χ4v) is 2.18. The van der Waals surface area contributed by atoms with Crippen LogP contribution in [0.4, 0.5) is 0 Å². The summed E-state index contributed by atoms with van der Waals surface area (Å²) in [6, 6.07) is 3.93. The summed E-state index contributed by atoms with van der Waals surface area (Å²) in [6.07, 6.45) is 1.67. The van der Waals surface area contributed by atoms with Crippen molar-refractivity contribution in [1.82, 2.24) is 10.2 Å². The van der Waals surface area contributed by atoms with E-state index in [0.717, 1.165) is 32.1 Å². The Hall–Kier alpha value is -1.33. The zero-order chi connectivity index (χ0) is 13.7. The van der Waals surface area contributed by atoms with Crippen molar-refractivity contribution in [2.45, 2.75) is 19.9 Å². The van der Waals surface area contributed by atoms with Crippen molar-refractivity contribution in [3.63, 3.8) is 0 Å². The highest BCUT2D eigenvalue weighted by molar-refractivity contribution is 5.77. The van der Waals surface area contributed by atoms with Crippen molar-refractivity contribution in [2.75, 3.05) is 32.8 Å². The van der Waals surface area contributed by atoms with Gasteiger partial charge in [-0.1, -0.05) is 13.8 Å². The Morgan fingerprint density at radius 1 is 1.42 bits per heavy atom. The van der Waals surface area contributed by atoms with Crippen molar-refractivity contribution in [1.29, 1.82) is 0 Å². The summed E-state index contributed by atoms with van der Waals surface area (Å²) >= 11 is 0. The molecule has 1 atom stereocenters. The Morgan fingerprint density at radius 2 is 2.16 bits per heavy atom. The Balaban J connectivity index is 2.00. The van der Waals surface area contributed by atoms with Crippen LogP contribution in [-0.2, 0) is 9.53 Å². The van der Waals surface area contributed by atoms with Crippen LogP contribution in [-0.4, -0.2) is 43.7 Å². The molecule has 0 bridgehead atoms. The first-order valence-electron chi connectivity index (χ1n) is 6.81. The van der Waals surface area contributed by atoms with E-state index in [1.54, 1.807) is 6.26 Å². The van der Waals surface area contributed by atoms with Crippen LogP contribution >= 0.6 is 0 Å². The van der Waals surface area contributed by atoms with Crippen molar-refractivity contribution < 1.29 is 13.9 Å². The van der Waals surface area contributed by atoms with Crippen LogP contribution in [0.25, 0.3) is 0 Å². The average molecular weight is 266 g/mol. The lowest BCUT2D eigenvalue weighted by Crippen LogP contribution is -2.44. The van der Waals surface area contributed by atoms with E-state index in [1.165, 1.54) is 0 Å². The van der Waals surface area contributed by atoms with E-state index < -0.39 is 0 Å². The summed E-state index contributed by atoms with van der Waals surface area (Å²) < 4.78 is 10.9. The molecule has 106 valence electrons. The zero-order valence-corrected chi connectivity index (χ0v) is 11.6. The molecule has 1 fully saturated rings. The number of nitrogens with zero attached hydrogens (tertiary/aromatic N) is 1. The van der Waals surface area contributed by atoms with Gasteiger partial charge in [-0.15, -0.1) is 0 Å². The molecule has 5 nitrogen and oxygen atoms in total. The third-order valence-electron chi connectivity index (χ3n) is 3.35. The Kier molecular flexibility index (Phi) is 4.99. The lowest BCUT2D eigenvalue weighted by Gasteiger charge is -2.33. The maximum absolute atomic E-state index is 11.7. The summed E-state index contributed by atoms with van der Waals surface area (Å²) in [6.45, 7) is 7.55. The highest BCUT2D eigenvalue weighted by Crippen LogP contribution is 2.21. The van der Waals surface area contributed by atoms with Gasteiger partial charge in [0.25, 0.3) is 0 Å². The number of rotatable bonds is 5. The maximum Gasteiger partial charge on any atom is 0.222 e. The smallest absolute Gasteiger partial charge is 0.222 e. The number of nitrogens with one attached hydrogen (secondary N) is 1. The second-order valence-corrected chi connectivity index (χ2v) is 5.08. The average Bonchev–Trinajstić information content (AvgIpc) is 2.94. The molecule has 1 saturated heterocycles. The molecule has 5 heteroatoms. The Morgan fingerprint density at radius 3 is 2.74 bits per heavy atom. The summed E-state index contributed by atoms with van der Waals surface area (Å²) in [5, 5.41) is 2.99. The predicted molar refractivity (Wildman–Crippen MR) is 71.7 cm³/mol. The van der Waals surface area contributed by atoms with Crippen LogP contribution in [0, 0.1) is 5.92 Å². The summed E-state index contributed by atoms with van der Waals surface area (Å²) in [4.78, 5) is 14.0. The quantitative estimate of drug-likeness (QED) is 0.876. The molecule has 1 aromatic heterocycles. The van der Waals surface area contributed by atoms with Crippen molar-refractivity contribution >= 4 is 5.91 Å². The molecule has 0 aromatic carbocycles. The molecule has 0 saturated carbocycles. The van der Waals surface area contributed by atoms with Crippen molar-refractivity contribution in [3.8, 4) is 0 Å². The SMILES string of the molecule is CC(C)C(=O)NCC(c1ccco1)N1CCOCC1. The van der Waals surface area contributed by atoms with Gasteiger partial charge in [-0.2, -0.15) is 0 Å². The van der Waals surface area contributed by atoms with Gasteiger partial charge in [0.1, 0.15) is 5.76 Å². The Labute approximate surface area is 113 Å². The molecule has 1 aromatic rings. The first-order chi connectivity index (χ1) is 9.18. The van der Waals surface area contributed by atoms with Crippen LogP contribution < -0.4 is 5.32 Å². The zero-order valence-electron chi connectivity index (χ0n) is 11.6. The van der Waals surface area contributed by atoms with Crippen LogP contribution in [0.2, 0.25) is 0 Å². The van der Waals surface area contributed by atoms with Crippen molar-refractivity contribution in [2.24, 2.45) is 5.92 Å². The number of morpholine rings is 1. The van der Waals surface area contributed by atoms with E-state index in [1.807, 2.05) is 26.0 Å². The Bertz CT molecular complexity index is 383. The maximum atomic E-state index is 11.7. The van der Waals surface area contributed by atoms with Gasteiger partial charge >= 0.3 is 0 Å². The van der Waals surface area contributed by atoms with Gasteiger partial charge in [-0.3, -0.25) is 9.69 Å². The normalized spacial score (nSPS) is 18.5. The summed E-state index contributed by atoms with van der Waals surface area (Å²) in [5.74, 6) is 0.970. The molecule has 0 radical (unpaired) electrons. The van der Waals surface area contributed by atoms with Gasteiger partial charge in [0.05, 0.1) is 25.5 Å². The third kappa shape index (κ3) is 3.81. The van der Waals surface area contributed by atoms with Gasteiger partial charge in [0, 0.05) is 25.6 Å². The standard InChI is InChI=1S/C14H22N2O3/c1-11(2)14(17)15-10-12(13-4-3-7-19-13)16-5-8-18-9-6-16/h3-4,7,11-12H,5-6,8-10H2,1-2H3,(H,15,17). The van der Waals surface area contributed by atoms with Crippen LogP contribution in [0.3, 0.4) is 0 Å². The minimum absolute atomic E-state index is 0.00180. The molecule has 0 aliphatic carbocycles. The molecule has 0 spiro atoms. The van der Waals surface area contributed by atoms with E-state index in [4.69, 9.17) is 9.15 Å². The topological polar surface area (TPSA) is 54.7 Å². The van der Waals surface area contributed by atoms with Gasteiger partial charge in [0.15, 0.2) is 0 Å². The second kappa shape index (κ2) is 6.73. The lowest BCUT2D eigenvalue weighted by molar-refractivity contribution is -0.124. The van der Waals surface area contributed by atoms with E-state index in [0.29, 0.717) is 6.54 Å². The first kappa shape index (κ1) is 14.1. The molecule has 2 heterocycles. The molecular formula is C14H22N2O3.